The van der Waals surface area contributed by atoms with Crippen LogP contribution in [0.15, 0.2) is 23.8 Å². The summed E-state index contributed by atoms with van der Waals surface area (Å²) in [4.78, 5) is 13.0. The van der Waals surface area contributed by atoms with Gasteiger partial charge in [-0.25, -0.2) is 0 Å². The predicted molar refractivity (Wildman–Crippen MR) is 125 cm³/mol. The first-order valence-corrected chi connectivity index (χ1v) is 14.6. The maximum absolute atomic E-state index is 13.0. The summed E-state index contributed by atoms with van der Waals surface area (Å²) >= 11 is 0. The molecule has 0 heterocycles. The number of allylic oxidation sites excluding steroid dienone is 1. The lowest BCUT2D eigenvalue weighted by atomic mass is 9.61. The van der Waals surface area contributed by atoms with E-state index in [2.05, 4.69) is 59.9 Å². The van der Waals surface area contributed by atoms with Crippen molar-refractivity contribution in [1.29, 1.82) is 0 Å². The minimum atomic E-state index is -2.00. The molecule has 31 heavy (non-hydrogen) atoms. The van der Waals surface area contributed by atoms with Crippen molar-refractivity contribution in [2.24, 2.45) is 23.2 Å². The molecule has 176 valence electrons. The summed E-state index contributed by atoms with van der Waals surface area (Å²) in [5.74, 6) is 0.676. The van der Waals surface area contributed by atoms with Crippen molar-refractivity contribution in [3.05, 3.63) is 23.8 Å². The van der Waals surface area contributed by atoms with Gasteiger partial charge in [-0.1, -0.05) is 52.3 Å². The average molecular weight is 451 g/mol. The lowest BCUT2D eigenvalue weighted by molar-refractivity contribution is -0.127. The summed E-state index contributed by atoms with van der Waals surface area (Å²) in [7, 11) is -0.336. The molecule has 3 rings (SSSR count). The number of carbonyl (C=O) groups excluding carboxylic acids is 1. The molecule has 3 aliphatic carbocycles. The van der Waals surface area contributed by atoms with E-state index in [0.717, 1.165) is 12.8 Å². The molecule has 0 aromatic rings. The SMILES string of the molecule is COCCOCO[C@@H]1C=C2C[C@H]3C=CC(=O)[C@@H](C)[C@@]2(C[C@H]1C)[C@@H]3O[Si](C)(C)C(C)(C)C. The molecule has 1 saturated carbocycles. The lowest BCUT2D eigenvalue weighted by Crippen LogP contribution is -2.53. The molecule has 6 atom stereocenters. The van der Waals surface area contributed by atoms with E-state index in [1.54, 1.807) is 7.11 Å². The van der Waals surface area contributed by atoms with Crippen molar-refractivity contribution >= 4 is 14.1 Å². The van der Waals surface area contributed by atoms with Crippen LogP contribution in [0.25, 0.3) is 0 Å². The monoisotopic (exact) mass is 450 g/mol. The topological polar surface area (TPSA) is 54.0 Å². The molecule has 0 aliphatic heterocycles. The Balaban J connectivity index is 1.90. The van der Waals surface area contributed by atoms with Gasteiger partial charge in [0.15, 0.2) is 14.1 Å². The van der Waals surface area contributed by atoms with Gasteiger partial charge in [0.05, 0.1) is 25.4 Å². The van der Waals surface area contributed by atoms with E-state index < -0.39 is 8.32 Å². The van der Waals surface area contributed by atoms with Crippen molar-refractivity contribution in [3.63, 3.8) is 0 Å². The zero-order chi connectivity index (χ0) is 23.0. The minimum Gasteiger partial charge on any atom is -0.412 e. The van der Waals surface area contributed by atoms with Crippen LogP contribution in [0.2, 0.25) is 18.1 Å². The first-order chi connectivity index (χ1) is 14.4. The van der Waals surface area contributed by atoms with Crippen LogP contribution in [0.3, 0.4) is 0 Å². The van der Waals surface area contributed by atoms with E-state index in [4.69, 9.17) is 18.6 Å². The Hall–Kier alpha value is -0.793. The fourth-order valence-electron chi connectivity index (χ4n) is 5.31. The molecule has 0 N–H and O–H groups in total. The highest BCUT2D eigenvalue weighted by atomic mass is 28.4. The van der Waals surface area contributed by atoms with Crippen LogP contribution >= 0.6 is 0 Å². The van der Waals surface area contributed by atoms with Gasteiger partial charge in [0.1, 0.15) is 6.79 Å². The van der Waals surface area contributed by atoms with Crippen LogP contribution in [0.5, 0.6) is 0 Å². The van der Waals surface area contributed by atoms with Gasteiger partial charge in [-0.15, -0.1) is 0 Å². The summed E-state index contributed by atoms with van der Waals surface area (Å²) in [6.45, 7) is 17.2. The van der Waals surface area contributed by atoms with Crippen LogP contribution in [0, 0.1) is 23.2 Å². The summed E-state index contributed by atoms with van der Waals surface area (Å²) in [5.41, 5.74) is 1.11. The van der Waals surface area contributed by atoms with E-state index in [1.807, 2.05) is 6.08 Å². The second-order valence-corrected chi connectivity index (χ2v) is 16.0. The molecule has 0 aromatic heterocycles. The Labute approximate surface area is 189 Å². The van der Waals surface area contributed by atoms with Gasteiger partial charge >= 0.3 is 0 Å². The van der Waals surface area contributed by atoms with Gasteiger partial charge in [0.2, 0.25) is 0 Å². The molecule has 0 aromatic carbocycles. The van der Waals surface area contributed by atoms with Crippen LogP contribution in [-0.4, -0.2) is 53.4 Å². The average Bonchev–Trinajstić information content (AvgIpc) is 2.92. The molecule has 6 heteroatoms. The molecular formula is C25H42O5Si. The van der Waals surface area contributed by atoms with Crippen molar-refractivity contribution in [1.82, 2.24) is 0 Å². The number of ketones is 1. The van der Waals surface area contributed by atoms with Gasteiger partial charge in [0, 0.05) is 24.4 Å². The summed E-state index contributed by atoms with van der Waals surface area (Å²) < 4.78 is 23.8. The Morgan fingerprint density at radius 2 is 1.90 bits per heavy atom. The van der Waals surface area contributed by atoms with Crippen LogP contribution in [0.4, 0.5) is 0 Å². The molecule has 0 saturated heterocycles. The normalized spacial score (nSPS) is 35.7. The van der Waals surface area contributed by atoms with E-state index in [-0.39, 0.29) is 53.0 Å². The Kier molecular flexibility index (Phi) is 7.39. The van der Waals surface area contributed by atoms with Crippen LogP contribution in [-0.2, 0) is 23.4 Å². The van der Waals surface area contributed by atoms with Gasteiger partial charge in [-0.3, -0.25) is 4.79 Å². The van der Waals surface area contributed by atoms with Crippen molar-refractivity contribution in [2.75, 3.05) is 27.1 Å². The number of ether oxygens (including phenoxy) is 3. The van der Waals surface area contributed by atoms with E-state index in [1.165, 1.54) is 5.57 Å². The number of methoxy groups -OCH3 is 1. The minimum absolute atomic E-state index is 0.00338. The molecular weight excluding hydrogens is 408 g/mol. The molecule has 2 bridgehead atoms. The third-order valence-electron chi connectivity index (χ3n) is 8.25. The molecule has 0 radical (unpaired) electrons. The quantitative estimate of drug-likeness (QED) is 0.222. The first-order valence-electron chi connectivity index (χ1n) is 11.7. The zero-order valence-corrected chi connectivity index (χ0v) is 21.7. The van der Waals surface area contributed by atoms with Crippen LogP contribution < -0.4 is 0 Å². The Morgan fingerprint density at radius 1 is 1.19 bits per heavy atom. The van der Waals surface area contributed by atoms with Gasteiger partial charge in [-0.05, 0) is 43.0 Å². The highest BCUT2D eigenvalue weighted by Crippen LogP contribution is 2.61. The van der Waals surface area contributed by atoms with E-state index in [9.17, 15) is 4.79 Å². The second-order valence-electron chi connectivity index (χ2n) is 11.2. The fourth-order valence-corrected chi connectivity index (χ4v) is 6.68. The van der Waals surface area contributed by atoms with Gasteiger partial charge < -0.3 is 18.6 Å². The van der Waals surface area contributed by atoms with Gasteiger partial charge in [-0.2, -0.15) is 0 Å². The highest BCUT2D eigenvalue weighted by Gasteiger charge is 2.61. The molecule has 0 unspecified atom stereocenters. The van der Waals surface area contributed by atoms with Crippen molar-refractivity contribution in [2.45, 2.75) is 77.8 Å². The van der Waals surface area contributed by atoms with Crippen LogP contribution in [0.1, 0.15) is 47.5 Å². The fraction of sp³-hybridized carbons (Fsp3) is 0.800. The molecule has 1 spiro atoms. The second kappa shape index (κ2) is 9.22. The lowest BCUT2D eigenvalue weighted by Gasteiger charge is -2.50. The molecule has 1 fully saturated rings. The van der Waals surface area contributed by atoms with Crippen molar-refractivity contribution in [3.8, 4) is 0 Å². The number of fused-ring (bicyclic) bond motifs is 1. The summed E-state index contributed by atoms with van der Waals surface area (Å²) in [6, 6.07) is 0. The molecule has 3 aliphatic rings. The number of hydrogen-bond acceptors (Lipinski definition) is 5. The first kappa shape index (κ1) is 24.8. The number of carbonyl (C=O) groups is 1. The highest BCUT2D eigenvalue weighted by molar-refractivity contribution is 6.74. The standard InChI is InChI=1S/C25H42O5Si/c1-17-15-25-18(2)21(26)10-9-19(23(25)30-31(7,8)24(3,4)5)13-20(25)14-22(17)29-16-28-12-11-27-6/h9-10,14,17-19,22-23H,11-13,15-16H2,1-8H3/t17-,18-,19-,22-,23-,25-/m1/s1. The third-order valence-corrected chi connectivity index (χ3v) is 12.7. The Morgan fingerprint density at radius 3 is 2.55 bits per heavy atom. The third kappa shape index (κ3) is 4.65. The molecule has 5 nitrogen and oxygen atoms in total. The Bertz CT molecular complexity index is 722. The largest absolute Gasteiger partial charge is 0.412 e. The smallest absolute Gasteiger partial charge is 0.192 e. The van der Waals surface area contributed by atoms with E-state index >= 15 is 0 Å². The maximum atomic E-state index is 13.0. The summed E-state index contributed by atoms with van der Waals surface area (Å²) in [6.07, 6.45) is 8.15. The predicted octanol–water partition coefficient (Wildman–Crippen LogP) is 5.13. The maximum Gasteiger partial charge on any atom is 0.192 e. The number of hydrogen-bond donors (Lipinski definition) is 0. The summed E-state index contributed by atoms with van der Waals surface area (Å²) in [5, 5.41) is 0.127. The van der Waals surface area contributed by atoms with E-state index in [0.29, 0.717) is 13.2 Å². The zero-order valence-electron chi connectivity index (χ0n) is 20.7. The molecule has 0 amide bonds. The van der Waals surface area contributed by atoms with Gasteiger partial charge in [0.25, 0.3) is 0 Å². The number of rotatable bonds is 8. The van der Waals surface area contributed by atoms with Crippen molar-refractivity contribution < 1.29 is 23.4 Å².